The fourth-order valence-corrected chi connectivity index (χ4v) is 3.32. The minimum absolute atomic E-state index is 0. The Labute approximate surface area is 195 Å². The van der Waals surface area contributed by atoms with Gasteiger partial charge in [-0.2, -0.15) is 0 Å². The predicted octanol–water partition coefficient (Wildman–Crippen LogP) is 4.62. The molecule has 3 rings (SSSR count). The fraction of sp³-hybridized carbons (Fsp3) is 0.455. The highest BCUT2D eigenvalue weighted by atomic mass is 127. The summed E-state index contributed by atoms with van der Waals surface area (Å²) >= 11 is 0. The molecule has 1 heterocycles. The van der Waals surface area contributed by atoms with Gasteiger partial charge in [-0.3, -0.25) is 0 Å². The van der Waals surface area contributed by atoms with Gasteiger partial charge in [-0.05, 0) is 56.4 Å². The zero-order chi connectivity index (χ0) is 20.5. The molecule has 0 atom stereocenters. The zero-order valence-electron chi connectivity index (χ0n) is 17.8. The van der Waals surface area contributed by atoms with Crippen LogP contribution >= 0.6 is 24.0 Å². The van der Waals surface area contributed by atoms with Gasteiger partial charge in [-0.15, -0.1) is 24.0 Å². The summed E-state index contributed by atoms with van der Waals surface area (Å²) in [5.74, 6) is 2.72. The molecule has 0 bridgehead atoms. The molecule has 2 N–H and O–H groups in total. The Morgan fingerprint density at radius 1 is 1.10 bits per heavy atom. The summed E-state index contributed by atoms with van der Waals surface area (Å²) in [6.45, 7) is 3.31. The summed E-state index contributed by atoms with van der Waals surface area (Å²) in [5, 5.41) is 6.57. The molecule has 1 aliphatic carbocycles. The Kier molecular flexibility index (Phi) is 9.99. The van der Waals surface area contributed by atoms with Gasteiger partial charge in [-0.1, -0.05) is 0 Å². The van der Waals surface area contributed by atoms with E-state index in [4.69, 9.17) is 14.2 Å². The standard InChI is InChI=1S/C22H30N4O3.HI/c1-4-23-22(26-17-9-10-19(27-2)20(14-17)28-3)25-15-16-11-12-24-21(13-16)29-18-7-5-6-8-18;/h9-14,18H,4-8,15H2,1-3H3,(H2,23,25,26);1H. The minimum atomic E-state index is 0. The molecular formula is C22H31IN4O3. The lowest BCUT2D eigenvalue weighted by Gasteiger charge is -2.14. The third-order valence-electron chi connectivity index (χ3n) is 4.80. The molecule has 0 saturated heterocycles. The number of ether oxygens (including phenoxy) is 3. The Bertz CT molecular complexity index is 826. The van der Waals surface area contributed by atoms with Crippen molar-refractivity contribution in [2.45, 2.75) is 45.3 Å². The minimum Gasteiger partial charge on any atom is -0.493 e. The number of aromatic nitrogens is 1. The molecule has 7 nitrogen and oxygen atoms in total. The molecule has 1 aromatic carbocycles. The SMILES string of the molecule is CCNC(=NCc1ccnc(OC2CCCC2)c1)Nc1ccc(OC)c(OC)c1.I. The van der Waals surface area contributed by atoms with Gasteiger partial charge in [0.05, 0.1) is 20.8 Å². The van der Waals surface area contributed by atoms with E-state index < -0.39 is 0 Å². The second-order valence-electron chi connectivity index (χ2n) is 6.92. The number of anilines is 1. The molecule has 0 unspecified atom stereocenters. The number of rotatable bonds is 8. The Balaban J connectivity index is 0.00000320. The summed E-state index contributed by atoms with van der Waals surface area (Å²) in [6, 6.07) is 9.60. The molecule has 8 heteroatoms. The van der Waals surface area contributed by atoms with E-state index in [9.17, 15) is 0 Å². The highest BCUT2D eigenvalue weighted by Crippen LogP contribution is 2.29. The van der Waals surface area contributed by atoms with Crippen molar-refractivity contribution >= 4 is 35.6 Å². The van der Waals surface area contributed by atoms with E-state index in [0.717, 1.165) is 30.6 Å². The fourth-order valence-electron chi connectivity index (χ4n) is 3.32. The molecule has 0 amide bonds. The van der Waals surface area contributed by atoms with Crippen LogP contribution in [0.1, 0.15) is 38.2 Å². The highest BCUT2D eigenvalue weighted by molar-refractivity contribution is 14.0. The molecule has 164 valence electrons. The Morgan fingerprint density at radius 2 is 1.87 bits per heavy atom. The molecule has 2 aromatic rings. The monoisotopic (exact) mass is 526 g/mol. The summed E-state index contributed by atoms with van der Waals surface area (Å²) in [4.78, 5) is 9.03. The molecule has 0 spiro atoms. The van der Waals surface area contributed by atoms with Crippen molar-refractivity contribution in [1.82, 2.24) is 10.3 Å². The first-order chi connectivity index (χ1) is 14.2. The lowest BCUT2D eigenvalue weighted by molar-refractivity contribution is 0.201. The van der Waals surface area contributed by atoms with Gasteiger partial charge >= 0.3 is 0 Å². The normalized spacial score (nSPS) is 14.0. The lowest BCUT2D eigenvalue weighted by Crippen LogP contribution is -2.30. The van der Waals surface area contributed by atoms with Gasteiger partial charge in [-0.25, -0.2) is 9.98 Å². The van der Waals surface area contributed by atoms with Crippen LogP contribution in [0.2, 0.25) is 0 Å². The first-order valence-corrected chi connectivity index (χ1v) is 10.1. The van der Waals surface area contributed by atoms with E-state index in [2.05, 4.69) is 20.6 Å². The number of aliphatic imine (C=N–C) groups is 1. The average Bonchev–Trinajstić information content (AvgIpc) is 3.25. The molecule has 0 aliphatic heterocycles. The Morgan fingerprint density at radius 3 is 2.57 bits per heavy atom. The van der Waals surface area contributed by atoms with E-state index in [1.54, 1.807) is 20.4 Å². The van der Waals surface area contributed by atoms with E-state index in [1.165, 1.54) is 12.8 Å². The van der Waals surface area contributed by atoms with Crippen LogP contribution in [0.3, 0.4) is 0 Å². The largest absolute Gasteiger partial charge is 0.493 e. The van der Waals surface area contributed by atoms with Crippen LogP contribution in [-0.4, -0.2) is 37.8 Å². The zero-order valence-corrected chi connectivity index (χ0v) is 20.1. The van der Waals surface area contributed by atoms with Crippen LogP contribution in [0.4, 0.5) is 5.69 Å². The van der Waals surface area contributed by atoms with Crippen molar-refractivity contribution in [2.24, 2.45) is 4.99 Å². The number of pyridine rings is 1. The van der Waals surface area contributed by atoms with E-state index in [1.807, 2.05) is 37.3 Å². The number of hydrogen-bond donors (Lipinski definition) is 2. The highest BCUT2D eigenvalue weighted by Gasteiger charge is 2.17. The Hall–Kier alpha value is -2.23. The average molecular weight is 526 g/mol. The number of benzene rings is 1. The molecule has 30 heavy (non-hydrogen) atoms. The van der Waals surface area contributed by atoms with E-state index in [-0.39, 0.29) is 24.0 Å². The van der Waals surface area contributed by atoms with Crippen molar-refractivity contribution in [3.63, 3.8) is 0 Å². The third-order valence-corrected chi connectivity index (χ3v) is 4.80. The molecule has 1 saturated carbocycles. The van der Waals surface area contributed by atoms with E-state index >= 15 is 0 Å². The summed E-state index contributed by atoms with van der Waals surface area (Å²) < 4.78 is 16.7. The summed E-state index contributed by atoms with van der Waals surface area (Å²) in [5.41, 5.74) is 1.92. The maximum atomic E-state index is 6.00. The number of halogens is 1. The third kappa shape index (κ3) is 6.93. The maximum absolute atomic E-state index is 6.00. The first-order valence-electron chi connectivity index (χ1n) is 10.1. The van der Waals surface area contributed by atoms with Crippen LogP contribution in [0, 0.1) is 0 Å². The van der Waals surface area contributed by atoms with Gasteiger partial charge in [0, 0.05) is 30.6 Å². The molecular weight excluding hydrogens is 495 g/mol. The van der Waals surface area contributed by atoms with Crippen molar-refractivity contribution in [3.05, 3.63) is 42.1 Å². The van der Waals surface area contributed by atoms with Crippen LogP contribution < -0.4 is 24.8 Å². The number of methoxy groups -OCH3 is 2. The van der Waals surface area contributed by atoms with Gasteiger partial charge in [0.25, 0.3) is 0 Å². The molecule has 1 aliphatic rings. The quantitative estimate of drug-likeness (QED) is 0.297. The molecule has 1 aromatic heterocycles. The number of hydrogen-bond acceptors (Lipinski definition) is 5. The molecule has 0 radical (unpaired) electrons. The van der Waals surface area contributed by atoms with Crippen LogP contribution in [0.5, 0.6) is 17.4 Å². The number of guanidine groups is 1. The van der Waals surface area contributed by atoms with Crippen LogP contribution in [-0.2, 0) is 6.54 Å². The summed E-state index contributed by atoms with van der Waals surface area (Å²) in [7, 11) is 3.24. The number of nitrogens with one attached hydrogen (secondary N) is 2. The second-order valence-corrected chi connectivity index (χ2v) is 6.92. The topological polar surface area (TPSA) is 77.0 Å². The second kappa shape index (κ2) is 12.5. The van der Waals surface area contributed by atoms with Crippen LogP contribution in [0.25, 0.3) is 0 Å². The van der Waals surface area contributed by atoms with Crippen molar-refractivity contribution in [3.8, 4) is 17.4 Å². The maximum Gasteiger partial charge on any atom is 0.213 e. The van der Waals surface area contributed by atoms with Crippen LogP contribution in [0.15, 0.2) is 41.5 Å². The smallest absolute Gasteiger partial charge is 0.213 e. The first kappa shape index (κ1) is 24.0. The van der Waals surface area contributed by atoms with Gasteiger partial charge < -0.3 is 24.8 Å². The van der Waals surface area contributed by atoms with Gasteiger partial charge in [0.2, 0.25) is 5.88 Å². The van der Waals surface area contributed by atoms with E-state index in [0.29, 0.717) is 36.0 Å². The summed E-state index contributed by atoms with van der Waals surface area (Å²) in [6.07, 6.45) is 6.79. The van der Waals surface area contributed by atoms with Crippen molar-refractivity contribution in [2.75, 3.05) is 26.1 Å². The predicted molar refractivity (Wildman–Crippen MR) is 131 cm³/mol. The van der Waals surface area contributed by atoms with Crippen molar-refractivity contribution < 1.29 is 14.2 Å². The van der Waals surface area contributed by atoms with Gasteiger partial charge in [0.1, 0.15) is 6.10 Å². The molecule has 1 fully saturated rings. The van der Waals surface area contributed by atoms with Crippen molar-refractivity contribution in [1.29, 1.82) is 0 Å². The van der Waals surface area contributed by atoms with Gasteiger partial charge in [0.15, 0.2) is 17.5 Å². The lowest BCUT2D eigenvalue weighted by atomic mass is 10.2. The number of nitrogens with zero attached hydrogens (tertiary/aromatic N) is 2.